The quantitative estimate of drug-likeness (QED) is 0.599. The minimum atomic E-state index is 0. The van der Waals surface area contributed by atoms with E-state index in [9.17, 15) is 0 Å². The van der Waals surface area contributed by atoms with Crippen molar-refractivity contribution in [2.75, 3.05) is 0 Å². The Hall–Kier alpha value is -0.721. The van der Waals surface area contributed by atoms with Crippen LogP contribution in [0.25, 0.3) is 10.9 Å². The first kappa shape index (κ1) is 7.39. The molecule has 1 aromatic carbocycles. The zero-order chi connectivity index (χ0) is 6.10. The molecule has 0 atom stereocenters. The van der Waals surface area contributed by atoms with Crippen LogP contribution < -0.4 is 0 Å². The minimum Gasteiger partial charge on any atom is -0.361 e. The van der Waals surface area contributed by atoms with Crippen LogP contribution in [0, 0.1) is 0 Å². The third-order valence-corrected chi connectivity index (χ3v) is 1.46. The molecule has 0 saturated heterocycles. The number of para-hydroxylation sites is 1. The Labute approximate surface area is 69.9 Å². The average molecular weight is 181 g/mol. The van der Waals surface area contributed by atoms with Gasteiger partial charge in [-0.25, -0.2) is 0 Å². The molecule has 0 aliphatic carbocycles. The van der Waals surface area contributed by atoms with E-state index in [0.29, 0.717) is 0 Å². The molecule has 1 aromatic heterocycles. The predicted molar refractivity (Wildman–Crippen MR) is 38.3 cm³/mol. The maximum atomic E-state index is 3.12. The second-order valence-corrected chi connectivity index (χ2v) is 2.06. The summed E-state index contributed by atoms with van der Waals surface area (Å²) >= 11 is 0. The molecule has 2 heteroatoms. The number of benzene rings is 1. The predicted octanol–water partition coefficient (Wildman–Crippen LogP) is 2.17. The second-order valence-electron chi connectivity index (χ2n) is 2.06. The Balaban J connectivity index is 0.000000500. The fourth-order valence-corrected chi connectivity index (χ4v) is 0.995. The molecule has 0 saturated carbocycles. The van der Waals surface area contributed by atoms with Gasteiger partial charge >= 0.3 is 0 Å². The van der Waals surface area contributed by atoms with Gasteiger partial charge < -0.3 is 4.98 Å². The standard InChI is InChI=1S/C8H7N.Cu/c1-2-4-8-7(3-1)5-6-9-8;/h1-6,9H;. The van der Waals surface area contributed by atoms with E-state index in [1.807, 2.05) is 18.3 Å². The van der Waals surface area contributed by atoms with Crippen LogP contribution in [0.15, 0.2) is 36.5 Å². The summed E-state index contributed by atoms with van der Waals surface area (Å²) in [6, 6.07) is 10.3. The van der Waals surface area contributed by atoms with Crippen molar-refractivity contribution in [1.82, 2.24) is 4.98 Å². The Morgan fingerprint density at radius 1 is 1.00 bits per heavy atom. The first-order valence-corrected chi connectivity index (χ1v) is 2.99. The Kier molecular flexibility index (Phi) is 2.15. The van der Waals surface area contributed by atoms with Crippen LogP contribution in [-0.4, -0.2) is 4.98 Å². The van der Waals surface area contributed by atoms with E-state index >= 15 is 0 Å². The van der Waals surface area contributed by atoms with Crippen molar-refractivity contribution in [2.24, 2.45) is 0 Å². The number of fused-ring (bicyclic) bond motifs is 1. The molecule has 10 heavy (non-hydrogen) atoms. The van der Waals surface area contributed by atoms with Gasteiger partial charge in [0.05, 0.1) is 0 Å². The summed E-state index contributed by atoms with van der Waals surface area (Å²) in [5, 5.41) is 1.28. The molecule has 1 N–H and O–H groups in total. The average Bonchev–Trinajstić information content (AvgIpc) is 2.33. The molecule has 0 fully saturated rings. The minimum absolute atomic E-state index is 0. The normalized spacial score (nSPS) is 9.20. The van der Waals surface area contributed by atoms with Gasteiger partial charge in [-0.05, 0) is 17.5 Å². The topological polar surface area (TPSA) is 15.8 Å². The zero-order valence-corrected chi connectivity index (χ0v) is 6.21. The monoisotopic (exact) mass is 180 g/mol. The van der Waals surface area contributed by atoms with Gasteiger partial charge in [0.15, 0.2) is 0 Å². The first-order chi connectivity index (χ1) is 4.47. The van der Waals surface area contributed by atoms with Crippen LogP contribution in [0.5, 0.6) is 0 Å². The van der Waals surface area contributed by atoms with E-state index in [4.69, 9.17) is 0 Å². The van der Waals surface area contributed by atoms with Crippen LogP contribution in [-0.2, 0) is 17.1 Å². The Morgan fingerprint density at radius 2 is 1.80 bits per heavy atom. The number of nitrogens with one attached hydrogen (secondary N) is 1. The largest absolute Gasteiger partial charge is 0.361 e. The van der Waals surface area contributed by atoms with Crippen LogP contribution in [0.1, 0.15) is 0 Å². The summed E-state index contributed by atoms with van der Waals surface area (Å²) in [5.74, 6) is 0. The van der Waals surface area contributed by atoms with Gasteiger partial charge in [0.1, 0.15) is 0 Å². The molecule has 0 bridgehead atoms. The van der Waals surface area contributed by atoms with Crippen molar-refractivity contribution in [3.8, 4) is 0 Å². The van der Waals surface area contributed by atoms with E-state index in [0.717, 1.165) is 0 Å². The van der Waals surface area contributed by atoms with Crippen LogP contribution in [0.2, 0.25) is 0 Å². The van der Waals surface area contributed by atoms with Gasteiger partial charge in [-0.2, -0.15) is 0 Å². The molecule has 2 rings (SSSR count). The summed E-state index contributed by atoms with van der Waals surface area (Å²) in [4.78, 5) is 3.12. The smallest absolute Gasteiger partial charge is 0.0453 e. The molecule has 0 amide bonds. The summed E-state index contributed by atoms with van der Waals surface area (Å²) in [7, 11) is 0. The van der Waals surface area contributed by atoms with E-state index < -0.39 is 0 Å². The van der Waals surface area contributed by atoms with Crippen molar-refractivity contribution in [2.45, 2.75) is 0 Å². The van der Waals surface area contributed by atoms with E-state index in [-0.39, 0.29) is 17.1 Å². The van der Waals surface area contributed by atoms with Crippen LogP contribution in [0.3, 0.4) is 0 Å². The molecular weight excluding hydrogens is 174 g/mol. The van der Waals surface area contributed by atoms with Crippen molar-refractivity contribution in [1.29, 1.82) is 0 Å². The van der Waals surface area contributed by atoms with Crippen LogP contribution in [0.4, 0.5) is 0 Å². The van der Waals surface area contributed by atoms with Crippen molar-refractivity contribution in [3.05, 3.63) is 36.5 Å². The SMILES string of the molecule is [Cu].c1ccc2[nH]ccc2c1. The summed E-state index contributed by atoms with van der Waals surface area (Å²) < 4.78 is 0. The van der Waals surface area contributed by atoms with Crippen molar-refractivity contribution < 1.29 is 17.1 Å². The molecule has 0 aliphatic rings. The van der Waals surface area contributed by atoms with Gasteiger partial charge in [0.25, 0.3) is 0 Å². The van der Waals surface area contributed by atoms with Crippen LogP contribution >= 0.6 is 0 Å². The number of rotatable bonds is 0. The second kappa shape index (κ2) is 2.91. The summed E-state index contributed by atoms with van der Waals surface area (Å²) in [5.41, 5.74) is 1.21. The molecule has 2 aromatic rings. The van der Waals surface area contributed by atoms with Crippen molar-refractivity contribution >= 4 is 10.9 Å². The number of H-pyrrole nitrogens is 1. The number of hydrogen-bond acceptors (Lipinski definition) is 0. The third-order valence-electron chi connectivity index (χ3n) is 1.46. The van der Waals surface area contributed by atoms with E-state index in [1.54, 1.807) is 0 Å². The third kappa shape index (κ3) is 1.08. The first-order valence-electron chi connectivity index (χ1n) is 2.99. The van der Waals surface area contributed by atoms with E-state index in [2.05, 4.69) is 23.2 Å². The Morgan fingerprint density at radius 3 is 2.60 bits per heavy atom. The number of aromatic nitrogens is 1. The van der Waals surface area contributed by atoms with Gasteiger partial charge in [0.2, 0.25) is 0 Å². The fraction of sp³-hybridized carbons (Fsp3) is 0. The molecule has 0 spiro atoms. The molecule has 0 aliphatic heterocycles. The van der Waals surface area contributed by atoms with Gasteiger partial charge in [-0.15, -0.1) is 0 Å². The van der Waals surface area contributed by atoms with E-state index in [1.165, 1.54) is 10.9 Å². The zero-order valence-electron chi connectivity index (χ0n) is 5.27. The van der Waals surface area contributed by atoms with Gasteiger partial charge in [-0.1, -0.05) is 18.2 Å². The molecular formula is C8H7CuN. The summed E-state index contributed by atoms with van der Waals surface area (Å²) in [6.45, 7) is 0. The molecule has 1 heterocycles. The number of hydrogen-bond donors (Lipinski definition) is 1. The maximum Gasteiger partial charge on any atom is 0.0453 e. The molecule has 1 radical (unpaired) electrons. The van der Waals surface area contributed by atoms with Gasteiger partial charge in [-0.3, -0.25) is 0 Å². The maximum absolute atomic E-state index is 3.12. The molecule has 0 unspecified atom stereocenters. The summed E-state index contributed by atoms with van der Waals surface area (Å²) in [6.07, 6.45) is 1.95. The molecule has 1 nitrogen and oxygen atoms in total. The fourth-order valence-electron chi connectivity index (χ4n) is 0.995. The number of aromatic amines is 1. The Bertz CT molecular complexity index is 283. The van der Waals surface area contributed by atoms with Crippen molar-refractivity contribution in [3.63, 3.8) is 0 Å². The van der Waals surface area contributed by atoms with Gasteiger partial charge in [0, 0.05) is 28.8 Å². The molecule has 55 valence electrons.